The number of rotatable bonds is 4. The number of aromatic nitrogens is 1. The fourth-order valence-corrected chi connectivity index (χ4v) is 2.47. The van der Waals surface area contributed by atoms with Gasteiger partial charge in [0, 0.05) is 17.5 Å². The fraction of sp³-hybridized carbons (Fsp3) is 0.250. The first-order valence-electron chi connectivity index (χ1n) is 6.61. The summed E-state index contributed by atoms with van der Waals surface area (Å²) in [6, 6.07) is 6.98. The average molecular weight is 322 g/mol. The number of nitrogens with zero attached hydrogens (tertiary/aromatic N) is 1. The van der Waals surface area contributed by atoms with Gasteiger partial charge in [0.25, 0.3) is 0 Å². The van der Waals surface area contributed by atoms with E-state index >= 15 is 0 Å². The first-order chi connectivity index (χ1) is 10.4. The molecule has 6 heteroatoms. The SMILES string of the molecule is COn1c(C)c(OC(C)=O)c(C(C)=O)c1-c1ccc(Cl)cc1. The van der Waals surface area contributed by atoms with Crippen molar-refractivity contribution >= 4 is 23.4 Å². The van der Waals surface area contributed by atoms with Crippen LogP contribution in [0.4, 0.5) is 0 Å². The van der Waals surface area contributed by atoms with Crippen LogP contribution < -0.4 is 9.57 Å². The molecule has 2 aromatic rings. The van der Waals surface area contributed by atoms with E-state index in [-0.39, 0.29) is 11.5 Å². The second-order valence-electron chi connectivity index (χ2n) is 4.77. The quantitative estimate of drug-likeness (QED) is 0.640. The molecule has 0 saturated heterocycles. The van der Waals surface area contributed by atoms with Gasteiger partial charge in [0.05, 0.1) is 11.3 Å². The van der Waals surface area contributed by atoms with Crippen molar-refractivity contribution in [2.45, 2.75) is 20.8 Å². The Kier molecular flexibility index (Phi) is 4.56. The summed E-state index contributed by atoms with van der Waals surface area (Å²) in [5.74, 6) is -0.506. The highest BCUT2D eigenvalue weighted by molar-refractivity contribution is 6.30. The number of carbonyl (C=O) groups is 2. The zero-order valence-corrected chi connectivity index (χ0v) is 13.5. The lowest BCUT2D eigenvalue weighted by Crippen LogP contribution is -2.10. The maximum atomic E-state index is 12.1. The molecule has 116 valence electrons. The molecule has 0 bridgehead atoms. The third kappa shape index (κ3) is 2.85. The second-order valence-corrected chi connectivity index (χ2v) is 5.21. The normalized spacial score (nSPS) is 10.4. The number of ketones is 1. The van der Waals surface area contributed by atoms with Crippen molar-refractivity contribution < 1.29 is 19.2 Å². The van der Waals surface area contributed by atoms with Crippen molar-refractivity contribution in [2.24, 2.45) is 0 Å². The number of ether oxygens (including phenoxy) is 1. The van der Waals surface area contributed by atoms with E-state index in [9.17, 15) is 9.59 Å². The topological polar surface area (TPSA) is 57.5 Å². The minimum absolute atomic E-state index is 0.215. The van der Waals surface area contributed by atoms with Gasteiger partial charge in [-0.05, 0) is 26.0 Å². The van der Waals surface area contributed by atoms with Crippen molar-refractivity contribution in [3.05, 3.63) is 40.5 Å². The summed E-state index contributed by atoms with van der Waals surface area (Å²) in [4.78, 5) is 28.8. The van der Waals surface area contributed by atoms with Crippen molar-refractivity contribution in [3.8, 4) is 17.0 Å². The molecule has 0 radical (unpaired) electrons. The van der Waals surface area contributed by atoms with Crippen molar-refractivity contribution in [1.29, 1.82) is 0 Å². The number of benzene rings is 1. The lowest BCUT2D eigenvalue weighted by Gasteiger charge is -2.10. The molecule has 1 heterocycles. The van der Waals surface area contributed by atoms with Gasteiger partial charge in [-0.2, -0.15) is 4.73 Å². The van der Waals surface area contributed by atoms with Crippen LogP contribution in [0.15, 0.2) is 24.3 Å². The van der Waals surface area contributed by atoms with E-state index in [2.05, 4.69) is 0 Å². The number of hydrogen-bond donors (Lipinski definition) is 0. The lowest BCUT2D eigenvalue weighted by atomic mass is 10.0. The molecule has 0 saturated carbocycles. The van der Waals surface area contributed by atoms with E-state index < -0.39 is 5.97 Å². The van der Waals surface area contributed by atoms with E-state index in [1.54, 1.807) is 31.2 Å². The molecule has 0 N–H and O–H groups in total. The van der Waals surface area contributed by atoms with Gasteiger partial charge in [0.2, 0.25) is 0 Å². The van der Waals surface area contributed by atoms with Crippen LogP contribution in [0.3, 0.4) is 0 Å². The molecule has 1 aromatic heterocycles. The van der Waals surface area contributed by atoms with Gasteiger partial charge in [-0.3, -0.25) is 9.59 Å². The fourth-order valence-electron chi connectivity index (χ4n) is 2.34. The van der Waals surface area contributed by atoms with Crippen molar-refractivity contribution in [3.63, 3.8) is 0 Å². The molecule has 5 nitrogen and oxygen atoms in total. The van der Waals surface area contributed by atoms with Gasteiger partial charge in [-0.25, -0.2) is 0 Å². The summed E-state index contributed by atoms with van der Waals surface area (Å²) in [6.45, 7) is 4.42. The number of carbonyl (C=O) groups excluding carboxylic acids is 2. The van der Waals surface area contributed by atoms with Crippen LogP contribution in [0.25, 0.3) is 11.3 Å². The monoisotopic (exact) mass is 321 g/mol. The zero-order chi connectivity index (χ0) is 16.4. The summed E-state index contributed by atoms with van der Waals surface area (Å²) in [7, 11) is 1.48. The minimum Gasteiger partial charge on any atom is -0.424 e. The van der Waals surface area contributed by atoms with Gasteiger partial charge < -0.3 is 9.57 Å². The molecule has 1 aromatic carbocycles. The maximum absolute atomic E-state index is 12.1. The highest BCUT2D eigenvalue weighted by Crippen LogP contribution is 2.37. The van der Waals surface area contributed by atoms with Crippen molar-refractivity contribution in [1.82, 2.24) is 4.73 Å². The average Bonchev–Trinajstić information content (AvgIpc) is 2.72. The third-order valence-corrected chi connectivity index (χ3v) is 3.45. The number of hydrogen-bond acceptors (Lipinski definition) is 4. The van der Waals surface area contributed by atoms with Crippen LogP contribution in [0.2, 0.25) is 5.02 Å². The molecule has 2 rings (SSSR count). The first kappa shape index (κ1) is 16.1. The Morgan fingerprint density at radius 2 is 1.73 bits per heavy atom. The summed E-state index contributed by atoms with van der Waals surface area (Å²) in [5.41, 5.74) is 2.10. The molecule has 0 atom stereocenters. The third-order valence-electron chi connectivity index (χ3n) is 3.20. The van der Waals surface area contributed by atoms with Crippen LogP contribution in [0.5, 0.6) is 5.75 Å². The van der Waals surface area contributed by atoms with E-state index in [0.29, 0.717) is 22.0 Å². The minimum atomic E-state index is -0.499. The van der Waals surface area contributed by atoms with E-state index in [0.717, 1.165) is 5.56 Å². The molecular weight excluding hydrogens is 306 g/mol. The predicted molar refractivity (Wildman–Crippen MR) is 83.4 cm³/mol. The summed E-state index contributed by atoms with van der Waals surface area (Å²) in [6.07, 6.45) is 0. The molecule has 0 aliphatic heterocycles. The Labute approximate surface area is 133 Å². The Balaban J connectivity index is 2.78. The molecule has 0 amide bonds. The Morgan fingerprint density at radius 3 is 2.18 bits per heavy atom. The number of halogens is 1. The van der Waals surface area contributed by atoms with Crippen LogP contribution in [-0.2, 0) is 4.79 Å². The maximum Gasteiger partial charge on any atom is 0.308 e. The van der Waals surface area contributed by atoms with Gasteiger partial charge >= 0.3 is 5.97 Å². The van der Waals surface area contributed by atoms with E-state index in [4.69, 9.17) is 21.2 Å². The Morgan fingerprint density at radius 1 is 1.14 bits per heavy atom. The van der Waals surface area contributed by atoms with Crippen molar-refractivity contribution in [2.75, 3.05) is 7.11 Å². The van der Waals surface area contributed by atoms with Crippen LogP contribution in [0, 0.1) is 6.92 Å². The standard InChI is InChI=1S/C16H16ClNO4/c1-9-16(22-11(3)20)14(10(2)19)15(18(9)21-4)12-5-7-13(17)8-6-12/h5-8H,1-4H3. The Bertz CT molecular complexity index is 732. The van der Waals surface area contributed by atoms with E-state index in [1.807, 2.05) is 0 Å². The second kappa shape index (κ2) is 6.23. The molecule has 0 spiro atoms. The molecule has 0 fully saturated rings. The molecule has 0 aliphatic carbocycles. The largest absolute Gasteiger partial charge is 0.424 e. The van der Waals surface area contributed by atoms with Gasteiger partial charge in [0.1, 0.15) is 12.8 Å². The molecule has 0 aliphatic rings. The van der Waals surface area contributed by atoms with Crippen LogP contribution >= 0.6 is 11.6 Å². The number of esters is 1. The summed E-state index contributed by atoms with van der Waals surface area (Å²) in [5, 5.41) is 0.584. The highest BCUT2D eigenvalue weighted by Gasteiger charge is 2.27. The molecule has 22 heavy (non-hydrogen) atoms. The highest BCUT2D eigenvalue weighted by atomic mass is 35.5. The molecular formula is C16H16ClNO4. The van der Waals surface area contributed by atoms with E-state index in [1.165, 1.54) is 25.7 Å². The smallest absolute Gasteiger partial charge is 0.308 e. The van der Waals surface area contributed by atoms with Gasteiger partial charge in [-0.1, -0.05) is 23.7 Å². The van der Waals surface area contributed by atoms with Crippen LogP contribution in [-0.4, -0.2) is 23.6 Å². The molecule has 0 unspecified atom stereocenters. The van der Waals surface area contributed by atoms with Gasteiger partial charge in [-0.15, -0.1) is 0 Å². The zero-order valence-electron chi connectivity index (χ0n) is 12.8. The lowest BCUT2D eigenvalue weighted by molar-refractivity contribution is -0.131. The van der Waals surface area contributed by atoms with Crippen LogP contribution in [0.1, 0.15) is 29.9 Å². The predicted octanol–water partition coefficient (Wildman–Crippen LogP) is 3.30. The first-order valence-corrected chi connectivity index (χ1v) is 6.99. The summed E-state index contributed by atoms with van der Waals surface area (Å²) < 4.78 is 6.69. The number of Topliss-reactive ketones (excluding diaryl/α,β-unsaturated/α-hetero) is 1. The van der Waals surface area contributed by atoms with Gasteiger partial charge in [0.15, 0.2) is 11.5 Å². The summed E-state index contributed by atoms with van der Waals surface area (Å²) >= 11 is 5.91. The Hall–Kier alpha value is -2.27.